The number of carboxylic acid groups (broad SMARTS) is 1. The Morgan fingerprint density at radius 2 is 1.62 bits per heavy atom. The first-order valence-electron chi connectivity index (χ1n) is 9.24. The lowest BCUT2D eigenvalue weighted by Crippen LogP contribution is -2.27. The zero-order valence-electron chi connectivity index (χ0n) is 16.7. The van der Waals surface area contributed by atoms with Crippen molar-refractivity contribution in [3.63, 3.8) is 0 Å². The third kappa shape index (κ3) is 8.83. The van der Waals surface area contributed by atoms with Crippen molar-refractivity contribution in [2.45, 2.75) is 46.3 Å². The number of aromatic carboxylic acids is 1. The summed E-state index contributed by atoms with van der Waals surface area (Å²) >= 11 is 0. The van der Waals surface area contributed by atoms with Crippen molar-refractivity contribution < 1.29 is 28.6 Å². The molecule has 1 unspecified atom stereocenters. The molecule has 0 radical (unpaired) electrons. The van der Waals surface area contributed by atoms with Crippen LogP contribution in [-0.2, 0) is 11.4 Å². The van der Waals surface area contributed by atoms with Crippen LogP contribution in [0.25, 0.3) is 0 Å². The molecule has 2 aromatic carbocycles. The standard InChI is InChI=1S/C14H19NO3.C8H8F2O/c1-9(2)8-13(16)15-10(3)11-4-6-12(7-5-11)14(17)18;9-8(10)7-3-1-2-6(4-7)5-11/h4-7,9-10H,8H2,1-3H3,(H,15,16)(H,17,18);1-4,8,11H,5H2. The Hall–Kier alpha value is -2.80. The van der Waals surface area contributed by atoms with Crippen LogP contribution in [0.5, 0.6) is 0 Å². The van der Waals surface area contributed by atoms with E-state index in [1.54, 1.807) is 30.3 Å². The average Bonchev–Trinajstić information content (AvgIpc) is 2.67. The Morgan fingerprint density at radius 1 is 1.00 bits per heavy atom. The monoisotopic (exact) mass is 407 g/mol. The molecular formula is C22H27F2NO4. The van der Waals surface area contributed by atoms with E-state index in [2.05, 4.69) is 5.32 Å². The van der Waals surface area contributed by atoms with Gasteiger partial charge in [-0.05, 0) is 42.2 Å². The van der Waals surface area contributed by atoms with E-state index >= 15 is 0 Å². The highest BCUT2D eigenvalue weighted by atomic mass is 19.3. The molecule has 0 saturated carbocycles. The summed E-state index contributed by atoms with van der Waals surface area (Å²) in [6.07, 6.45) is -1.96. The van der Waals surface area contributed by atoms with E-state index in [1.807, 2.05) is 20.8 Å². The first-order valence-corrected chi connectivity index (χ1v) is 9.24. The van der Waals surface area contributed by atoms with Gasteiger partial charge < -0.3 is 15.5 Å². The third-order valence-corrected chi connectivity index (χ3v) is 4.01. The van der Waals surface area contributed by atoms with Crippen molar-refractivity contribution in [3.05, 3.63) is 70.8 Å². The molecule has 0 aliphatic rings. The minimum Gasteiger partial charge on any atom is -0.478 e. The van der Waals surface area contributed by atoms with Crippen molar-refractivity contribution in [1.82, 2.24) is 5.32 Å². The molecule has 5 nitrogen and oxygen atoms in total. The van der Waals surface area contributed by atoms with Crippen LogP contribution in [0.2, 0.25) is 0 Å². The number of carbonyl (C=O) groups is 2. The fourth-order valence-electron chi connectivity index (χ4n) is 2.50. The van der Waals surface area contributed by atoms with Gasteiger partial charge >= 0.3 is 5.97 Å². The first-order chi connectivity index (χ1) is 13.6. The van der Waals surface area contributed by atoms with Gasteiger partial charge in [0.25, 0.3) is 6.43 Å². The molecule has 0 heterocycles. The number of halogens is 2. The number of aliphatic hydroxyl groups is 1. The molecule has 1 amide bonds. The largest absolute Gasteiger partial charge is 0.478 e. The number of hydrogen-bond acceptors (Lipinski definition) is 3. The second-order valence-corrected chi connectivity index (χ2v) is 7.02. The summed E-state index contributed by atoms with van der Waals surface area (Å²) < 4.78 is 24.0. The van der Waals surface area contributed by atoms with Crippen LogP contribution in [0, 0.1) is 5.92 Å². The fourth-order valence-corrected chi connectivity index (χ4v) is 2.50. The molecule has 0 saturated heterocycles. The van der Waals surface area contributed by atoms with E-state index in [0.717, 1.165) is 5.56 Å². The molecule has 2 rings (SSSR count). The van der Waals surface area contributed by atoms with E-state index in [9.17, 15) is 18.4 Å². The zero-order valence-corrected chi connectivity index (χ0v) is 16.7. The van der Waals surface area contributed by atoms with Gasteiger partial charge in [-0.2, -0.15) is 0 Å². The molecule has 0 bridgehead atoms. The maximum Gasteiger partial charge on any atom is 0.335 e. The summed E-state index contributed by atoms with van der Waals surface area (Å²) in [5.41, 5.74) is 1.62. The molecule has 3 N–H and O–H groups in total. The van der Waals surface area contributed by atoms with Gasteiger partial charge in [0, 0.05) is 12.0 Å². The minimum absolute atomic E-state index is 0.0137. The number of carbonyl (C=O) groups excluding carboxylic acids is 1. The molecule has 158 valence electrons. The fraction of sp³-hybridized carbons (Fsp3) is 0.364. The van der Waals surface area contributed by atoms with Crippen molar-refractivity contribution >= 4 is 11.9 Å². The Morgan fingerprint density at radius 3 is 2.10 bits per heavy atom. The van der Waals surface area contributed by atoms with E-state index in [-0.39, 0.29) is 29.7 Å². The third-order valence-electron chi connectivity index (χ3n) is 4.01. The molecule has 0 fully saturated rings. The van der Waals surface area contributed by atoms with Gasteiger partial charge in [-0.3, -0.25) is 4.79 Å². The van der Waals surface area contributed by atoms with Crippen molar-refractivity contribution in [2.75, 3.05) is 0 Å². The van der Waals surface area contributed by atoms with Gasteiger partial charge in [-0.25, -0.2) is 13.6 Å². The second-order valence-electron chi connectivity index (χ2n) is 7.02. The van der Waals surface area contributed by atoms with E-state index in [1.165, 1.54) is 18.2 Å². The summed E-state index contributed by atoms with van der Waals surface area (Å²) in [6, 6.07) is 12.2. The Bertz CT molecular complexity index is 792. The van der Waals surface area contributed by atoms with Crippen LogP contribution in [-0.4, -0.2) is 22.1 Å². The molecule has 0 spiro atoms. The highest BCUT2D eigenvalue weighted by Gasteiger charge is 2.11. The van der Waals surface area contributed by atoms with Crippen molar-refractivity contribution in [2.24, 2.45) is 5.92 Å². The highest BCUT2D eigenvalue weighted by Crippen LogP contribution is 2.19. The van der Waals surface area contributed by atoms with Crippen molar-refractivity contribution in [3.8, 4) is 0 Å². The summed E-state index contributed by atoms with van der Waals surface area (Å²) in [4.78, 5) is 22.3. The van der Waals surface area contributed by atoms with Crippen LogP contribution < -0.4 is 5.32 Å². The summed E-state index contributed by atoms with van der Waals surface area (Å²) in [5, 5.41) is 20.3. The number of aliphatic hydroxyl groups excluding tert-OH is 1. The van der Waals surface area contributed by atoms with Gasteiger partial charge in [-0.15, -0.1) is 0 Å². The maximum atomic E-state index is 12.0. The molecule has 0 aliphatic heterocycles. The summed E-state index contributed by atoms with van der Waals surface area (Å²) in [7, 11) is 0. The molecule has 0 aromatic heterocycles. The van der Waals surface area contributed by atoms with Crippen LogP contribution in [0.15, 0.2) is 48.5 Å². The lowest BCUT2D eigenvalue weighted by atomic mass is 10.1. The van der Waals surface area contributed by atoms with Gasteiger partial charge in [-0.1, -0.05) is 44.2 Å². The average molecular weight is 407 g/mol. The highest BCUT2D eigenvalue weighted by molar-refractivity contribution is 5.87. The van der Waals surface area contributed by atoms with E-state index in [0.29, 0.717) is 17.9 Å². The smallest absolute Gasteiger partial charge is 0.335 e. The Kier molecular flexibility index (Phi) is 9.96. The van der Waals surface area contributed by atoms with Gasteiger partial charge in [0.1, 0.15) is 0 Å². The van der Waals surface area contributed by atoms with Crippen LogP contribution >= 0.6 is 0 Å². The predicted octanol–water partition coefficient (Wildman–Crippen LogP) is 4.72. The predicted molar refractivity (Wildman–Crippen MR) is 107 cm³/mol. The molecule has 29 heavy (non-hydrogen) atoms. The minimum atomic E-state index is -2.46. The van der Waals surface area contributed by atoms with Gasteiger partial charge in [0.2, 0.25) is 5.91 Å². The van der Waals surface area contributed by atoms with Crippen LogP contribution in [0.3, 0.4) is 0 Å². The van der Waals surface area contributed by atoms with E-state index in [4.69, 9.17) is 10.2 Å². The number of carboxylic acids is 1. The quantitative estimate of drug-likeness (QED) is 0.620. The van der Waals surface area contributed by atoms with Gasteiger partial charge in [0.05, 0.1) is 18.2 Å². The Balaban J connectivity index is 0.000000326. The number of alkyl halides is 2. The van der Waals surface area contributed by atoms with Crippen LogP contribution in [0.4, 0.5) is 8.78 Å². The summed E-state index contributed by atoms with van der Waals surface area (Å²) in [6.45, 7) is 5.67. The van der Waals surface area contributed by atoms with Crippen molar-refractivity contribution in [1.29, 1.82) is 0 Å². The van der Waals surface area contributed by atoms with Gasteiger partial charge in [0.15, 0.2) is 0 Å². The number of rotatable bonds is 7. The number of nitrogens with one attached hydrogen (secondary N) is 1. The molecular weight excluding hydrogens is 380 g/mol. The number of hydrogen-bond donors (Lipinski definition) is 3. The zero-order chi connectivity index (χ0) is 22.0. The number of amides is 1. The lowest BCUT2D eigenvalue weighted by molar-refractivity contribution is -0.122. The van der Waals surface area contributed by atoms with E-state index < -0.39 is 12.4 Å². The first kappa shape index (κ1) is 24.2. The molecule has 0 aliphatic carbocycles. The maximum absolute atomic E-state index is 12.0. The molecule has 7 heteroatoms. The topological polar surface area (TPSA) is 86.6 Å². The molecule has 2 aromatic rings. The molecule has 1 atom stereocenters. The SMILES string of the molecule is CC(C)CC(=O)NC(C)c1ccc(C(=O)O)cc1.OCc1cccc(C(F)F)c1. The Labute approximate surface area is 169 Å². The second kappa shape index (κ2) is 11.9. The normalized spacial score (nSPS) is 11.6. The van der Waals surface area contributed by atoms with Crippen LogP contribution in [0.1, 0.15) is 66.7 Å². The summed E-state index contributed by atoms with van der Waals surface area (Å²) in [5.74, 6) is -0.607. The number of benzene rings is 2. The lowest BCUT2D eigenvalue weighted by Gasteiger charge is -2.15.